The first-order valence-electron chi connectivity index (χ1n) is 8.86. The lowest BCUT2D eigenvalue weighted by Gasteiger charge is -2.12. The number of carbonyl (C=O) groups is 2. The Kier molecular flexibility index (Phi) is 5.49. The normalized spacial score (nSPS) is 14.3. The molecule has 25 heavy (non-hydrogen) atoms. The average Bonchev–Trinajstić information content (AvgIpc) is 3.14. The van der Waals surface area contributed by atoms with Crippen molar-refractivity contribution in [2.24, 2.45) is 0 Å². The fourth-order valence-electron chi connectivity index (χ4n) is 3.13. The largest absolute Gasteiger partial charge is 0.349 e. The topological polar surface area (TPSA) is 58.2 Å². The lowest BCUT2D eigenvalue weighted by Crippen LogP contribution is -2.32. The first kappa shape index (κ1) is 17.2. The van der Waals surface area contributed by atoms with Gasteiger partial charge in [-0.05, 0) is 43.5 Å². The molecule has 2 N–H and O–H groups in total. The van der Waals surface area contributed by atoms with Gasteiger partial charge in [0, 0.05) is 23.7 Å². The highest BCUT2D eigenvalue weighted by Crippen LogP contribution is 2.18. The molecule has 3 rings (SSSR count). The molecule has 1 fully saturated rings. The maximum absolute atomic E-state index is 12.4. The molecule has 2 aromatic carbocycles. The molecule has 0 aromatic heterocycles. The molecular formula is C21H24N2O2. The second-order valence-electron chi connectivity index (χ2n) is 6.70. The van der Waals surface area contributed by atoms with Crippen LogP contribution in [-0.4, -0.2) is 17.9 Å². The Bertz CT molecular complexity index is 747. The van der Waals surface area contributed by atoms with Gasteiger partial charge in [-0.3, -0.25) is 9.59 Å². The minimum atomic E-state index is -0.170. The summed E-state index contributed by atoms with van der Waals surface area (Å²) in [6, 6.07) is 15.2. The van der Waals surface area contributed by atoms with Gasteiger partial charge in [0.1, 0.15) is 0 Å². The van der Waals surface area contributed by atoms with Gasteiger partial charge in [-0.25, -0.2) is 0 Å². The van der Waals surface area contributed by atoms with E-state index in [1.54, 1.807) is 24.3 Å². The molecule has 130 valence electrons. The maximum atomic E-state index is 12.4. The van der Waals surface area contributed by atoms with E-state index in [0.717, 1.165) is 18.4 Å². The number of hydrogen-bond acceptors (Lipinski definition) is 2. The molecule has 4 heteroatoms. The summed E-state index contributed by atoms with van der Waals surface area (Å²) in [4.78, 5) is 24.7. The lowest BCUT2D eigenvalue weighted by molar-refractivity contribution is 0.0938. The van der Waals surface area contributed by atoms with E-state index >= 15 is 0 Å². The third-order valence-corrected chi connectivity index (χ3v) is 4.65. The van der Waals surface area contributed by atoms with E-state index in [1.165, 1.54) is 18.4 Å². The Hall–Kier alpha value is -2.62. The van der Waals surface area contributed by atoms with Crippen LogP contribution in [0.5, 0.6) is 0 Å². The van der Waals surface area contributed by atoms with Gasteiger partial charge in [0.15, 0.2) is 0 Å². The average molecular weight is 336 g/mol. The van der Waals surface area contributed by atoms with Crippen molar-refractivity contribution in [2.75, 3.05) is 0 Å². The van der Waals surface area contributed by atoms with Crippen LogP contribution < -0.4 is 10.6 Å². The van der Waals surface area contributed by atoms with Crippen molar-refractivity contribution in [3.05, 3.63) is 70.8 Å². The molecular weight excluding hydrogens is 312 g/mol. The fraction of sp³-hybridized carbons (Fsp3) is 0.333. The van der Waals surface area contributed by atoms with Crippen LogP contribution in [0.25, 0.3) is 0 Å². The molecule has 2 aromatic rings. The Labute approximate surface area is 148 Å². The van der Waals surface area contributed by atoms with Crippen molar-refractivity contribution in [3.8, 4) is 0 Å². The van der Waals surface area contributed by atoms with Gasteiger partial charge >= 0.3 is 0 Å². The van der Waals surface area contributed by atoms with Crippen molar-refractivity contribution in [3.63, 3.8) is 0 Å². The SMILES string of the molecule is Cc1ccc(CNC(=O)c2cccc(C(=O)NC3CCCC3)c2)cc1. The molecule has 0 radical (unpaired) electrons. The van der Waals surface area contributed by atoms with E-state index < -0.39 is 0 Å². The quantitative estimate of drug-likeness (QED) is 0.876. The molecule has 0 saturated heterocycles. The highest BCUT2D eigenvalue weighted by molar-refractivity contribution is 5.99. The van der Waals surface area contributed by atoms with E-state index in [0.29, 0.717) is 17.7 Å². The van der Waals surface area contributed by atoms with E-state index in [2.05, 4.69) is 10.6 Å². The minimum absolute atomic E-state index is 0.0971. The summed E-state index contributed by atoms with van der Waals surface area (Å²) in [5.41, 5.74) is 3.28. The number of nitrogens with one attached hydrogen (secondary N) is 2. The van der Waals surface area contributed by atoms with Crippen molar-refractivity contribution in [1.29, 1.82) is 0 Å². The van der Waals surface area contributed by atoms with Gasteiger partial charge in [0.2, 0.25) is 0 Å². The lowest BCUT2D eigenvalue weighted by atomic mass is 10.1. The van der Waals surface area contributed by atoms with Crippen LogP contribution in [0, 0.1) is 6.92 Å². The molecule has 0 unspecified atom stereocenters. The van der Waals surface area contributed by atoms with Crippen LogP contribution in [0.4, 0.5) is 0 Å². The Morgan fingerprint density at radius 2 is 1.60 bits per heavy atom. The van der Waals surface area contributed by atoms with Gasteiger partial charge in [-0.2, -0.15) is 0 Å². The van der Waals surface area contributed by atoms with E-state index in [-0.39, 0.29) is 17.9 Å². The molecule has 0 aliphatic heterocycles. The van der Waals surface area contributed by atoms with Gasteiger partial charge in [-0.15, -0.1) is 0 Å². The Balaban J connectivity index is 1.60. The second kappa shape index (κ2) is 7.97. The molecule has 1 aliphatic rings. The molecule has 1 aliphatic carbocycles. The highest BCUT2D eigenvalue weighted by Gasteiger charge is 2.18. The van der Waals surface area contributed by atoms with E-state index in [9.17, 15) is 9.59 Å². The summed E-state index contributed by atoms with van der Waals surface area (Å²) in [6.07, 6.45) is 4.43. The molecule has 4 nitrogen and oxygen atoms in total. The first-order valence-corrected chi connectivity index (χ1v) is 8.86. The van der Waals surface area contributed by atoms with Crippen molar-refractivity contribution >= 4 is 11.8 Å². The molecule has 1 saturated carbocycles. The van der Waals surface area contributed by atoms with E-state index in [1.807, 2.05) is 31.2 Å². The highest BCUT2D eigenvalue weighted by atomic mass is 16.2. The van der Waals surface area contributed by atoms with Gasteiger partial charge < -0.3 is 10.6 Å². The standard InChI is InChI=1S/C21H24N2O2/c1-15-9-11-16(12-10-15)14-22-20(24)17-5-4-6-18(13-17)21(25)23-19-7-2-3-8-19/h4-6,9-13,19H,2-3,7-8,14H2,1H3,(H,22,24)(H,23,25). The van der Waals surface area contributed by atoms with Crippen molar-refractivity contribution < 1.29 is 9.59 Å². The van der Waals surface area contributed by atoms with Crippen molar-refractivity contribution in [2.45, 2.75) is 45.2 Å². The second-order valence-corrected chi connectivity index (χ2v) is 6.70. The van der Waals surface area contributed by atoms with Crippen molar-refractivity contribution in [1.82, 2.24) is 10.6 Å². The molecule has 2 amide bonds. The predicted molar refractivity (Wildman–Crippen MR) is 98.5 cm³/mol. The Morgan fingerprint density at radius 3 is 2.28 bits per heavy atom. The summed E-state index contributed by atoms with van der Waals surface area (Å²) < 4.78 is 0. The van der Waals surface area contributed by atoms with Gasteiger partial charge in [0.05, 0.1) is 0 Å². The molecule has 0 bridgehead atoms. The fourth-order valence-corrected chi connectivity index (χ4v) is 3.13. The summed E-state index contributed by atoms with van der Waals surface area (Å²) in [7, 11) is 0. The van der Waals surface area contributed by atoms with Crippen LogP contribution in [0.3, 0.4) is 0 Å². The number of rotatable bonds is 5. The number of benzene rings is 2. The zero-order valence-corrected chi connectivity index (χ0v) is 14.5. The van der Waals surface area contributed by atoms with Gasteiger partial charge in [-0.1, -0.05) is 48.7 Å². The van der Waals surface area contributed by atoms with Crippen LogP contribution in [0.1, 0.15) is 57.5 Å². The predicted octanol–water partition coefficient (Wildman–Crippen LogP) is 3.60. The van der Waals surface area contributed by atoms with Crippen LogP contribution >= 0.6 is 0 Å². The van der Waals surface area contributed by atoms with E-state index in [4.69, 9.17) is 0 Å². The number of hydrogen-bond donors (Lipinski definition) is 2. The minimum Gasteiger partial charge on any atom is -0.349 e. The maximum Gasteiger partial charge on any atom is 0.251 e. The molecule has 0 spiro atoms. The summed E-state index contributed by atoms with van der Waals surface area (Å²) in [5.74, 6) is -0.267. The molecule has 0 heterocycles. The zero-order valence-electron chi connectivity index (χ0n) is 14.5. The number of aryl methyl sites for hydroxylation is 1. The smallest absolute Gasteiger partial charge is 0.251 e. The van der Waals surface area contributed by atoms with Crippen LogP contribution in [0.2, 0.25) is 0 Å². The summed E-state index contributed by atoms with van der Waals surface area (Å²) in [6.45, 7) is 2.50. The Morgan fingerprint density at radius 1 is 0.960 bits per heavy atom. The third-order valence-electron chi connectivity index (χ3n) is 4.65. The number of amides is 2. The molecule has 0 atom stereocenters. The van der Waals surface area contributed by atoms with Gasteiger partial charge in [0.25, 0.3) is 11.8 Å². The first-order chi connectivity index (χ1) is 12.1. The summed E-state index contributed by atoms with van der Waals surface area (Å²) in [5, 5.41) is 5.96. The third kappa shape index (κ3) is 4.69. The monoisotopic (exact) mass is 336 g/mol. The zero-order chi connectivity index (χ0) is 17.6. The summed E-state index contributed by atoms with van der Waals surface area (Å²) >= 11 is 0. The van der Waals surface area contributed by atoms with Crippen LogP contribution in [0.15, 0.2) is 48.5 Å². The van der Waals surface area contributed by atoms with Crippen LogP contribution in [-0.2, 0) is 6.54 Å². The number of carbonyl (C=O) groups excluding carboxylic acids is 2.